The van der Waals surface area contributed by atoms with Crippen LogP contribution >= 0.6 is 0 Å². The summed E-state index contributed by atoms with van der Waals surface area (Å²) in [5, 5.41) is 17.6. The minimum absolute atomic E-state index is 0.00954. The summed E-state index contributed by atoms with van der Waals surface area (Å²) in [4.78, 5) is 36.1. The molecule has 0 fully saturated rings. The van der Waals surface area contributed by atoms with Gasteiger partial charge in [-0.15, -0.1) is 0 Å². The van der Waals surface area contributed by atoms with Crippen molar-refractivity contribution in [2.75, 3.05) is 11.9 Å². The Kier molecular flexibility index (Phi) is 7.80. The van der Waals surface area contributed by atoms with Gasteiger partial charge in [0.1, 0.15) is 11.4 Å². The Hall–Kier alpha value is -3.55. The molecule has 8 heteroatoms. The topological polar surface area (TPSA) is 117 Å². The van der Waals surface area contributed by atoms with Crippen LogP contribution in [-0.2, 0) is 16.1 Å². The van der Waals surface area contributed by atoms with Gasteiger partial charge < -0.3 is 25.8 Å². The maximum Gasteiger partial charge on any atom is 0.407 e. The smallest absolute Gasteiger partial charge is 0.407 e. The van der Waals surface area contributed by atoms with Crippen LogP contribution < -0.4 is 16.0 Å². The summed E-state index contributed by atoms with van der Waals surface area (Å²) in [6.07, 6.45) is -0.506. The van der Waals surface area contributed by atoms with Gasteiger partial charge in [-0.25, -0.2) is 4.79 Å². The molecular formula is C22H27N3O5. The summed E-state index contributed by atoms with van der Waals surface area (Å²) >= 11 is 0. The van der Waals surface area contributed by atoms with Gasteiger partial charge in [-0.05, 0) is 50.6 Å². The van der Waals surface area contributed by atoms with Crippen molar-refractivity contribution in [1.29, 1.82) is 0 Å². The number of hydrogen-bond donors (Lipinski definition) is 4. The number of amides is 3. The molecule has 0 saturated carbocycles. The average Bonchev–Trinajstić information content (AvgIpc) is 2.65. The molecule has 0 atom stereocenters. The van der Waals surface area contributed by atoms with Gasteiger partial charge >= 0.3 is 6.09 Å². The Bertz CT molecular complexity index is 906. The van der Waals surface area contributed by atoms with Gasteiger partial charge in [0.25, 0.3) is 5.91 Å². The van der Waals surface area contributed by atoms with E-state index in [4.69, 9.17) is 4.74 Å². The van der Waals surface area contributed by atoms with Gasteiger partial charge in [-0.3, -0.25) is 9.59 Å². The second kappa shape index (κ2) is 10.3. The van der Waals surface area contributed by atoms with E-state index in [0.29, 0.717) is 11.3 Å². The van der Waals surface area contributed by atoms with Gasteiger partial charge in [-0.1, -0.05) is 24.3 Å². The van der Waals surface area contributed by atoms with Crippen LogP contribution in [0.2, 0.25) is 0 Å². The van der Waals surface area contributed by atoms with Crippen LogP contribution in [-0.4, -0.2) is 35.2 Å². The van der Waals surface area contributed by atoms with Crippen LogP contribution in [0.5, 0.6) is 5.75 Å². The van der Waals surface area contributed by atoms with Crippen molar-refractivity contribution in [3.8, 4) is 5.75 Å². The number of para-hydroxylation sites is 1. The minimum Gasteiger partial charge on any atom is -0.508 e. The van der Waals surface area contributed by atoms with Crippen LogP contribution in [0.25, 0.3) is 0 Å². The molecule has 2 aromatic rings. The molecule has 30 heavy (non-hydrogen) atoms. The maximum absolute atomic E-state index is 12.2. The zero-order valence-corrected chi connectivity index (χ0v) is 17.3. The Morgan fingerprint density at radius 3 is 2.43 bits per heavy atom. The van der Waals surface area contributed by atoms with E-state index in [1.807, 2.05) is 0 Å². The average molecular weight is 413 g/mol. The number of phenolic OH excluding ortho intramolecular Hbond substituents is 1. The van der Waals surface area contributed by atoms with Crippen molar-refractivity contribution < 1.29 is 24.2 Å². The molecule has 160 valence electrons. The molecule has 0 aliphatic carbocycles. The van der Waals surface area contributed by atoms with E-state index in [2.05, 4.69) is 16.0 Å². The molecule has 0 spiro atoms. The summed E-state index contributed by atoms with van der Waals surface area (Å²) in [5.41, 5.74) is 1.02. The van der Waals surface area contributed by atoms with Gasteiger partial charge in [0.15, 0.2) is 0 Å². The van der Waals surface area contributed by atoms with Gasteiger partial charge in [0, 0.05) is 30.8 Å². The summed E-state index contributed by atoms with van der Waals surface area (Å²) in [6, 6.07) is 13.1. The fraction of sp³-hybridized carbons (Fsp3) is 0.318. The van der Waals surface area contributed by atoms with E-state index >= 15 is 0 Å². The third kappa shape index (κ3) is 7.83. The lowest BCUT2D eigenvalue weighted by molar-refractivity contribution is -0.116. The standard InChI is InChI=1S/C22H27N3O5/c1-22(2,3)30-21(29)23-12-11-19(27)25-18-10-5-4-7-16(18)14-24-20(28)15-8-6-9-17(26)13-15/h4-10,13,26H,11-12,14H2,1-3H3,(H,23,29)(H,24,28)(H,25,27). The molecule has 2 aromatic carbocycles. The molecular weight excluding hydrogens is 386 g/mol. The highest BCUT2D eigenvalue weighted by atomic mass is 16.6. The molecule has 0 aliphatic heterocycles. The second-order valence-electron chi connectivity index (χ2n) is 7.62. The lowest BCUT2D eigenvalue weighted by atomic mass is 10.1. The lowest BCUT2D eigenvalue weighted by Crippen LogP contribution is -2.34. The fourth-order valence-corrected chi connectivity index (χ4v) is 2.53. The van der Waals surface area contributed by atoms with E-state index in [0.717, 1.165) is 5.56 Å². The van der Waals surface area contributed by atoms with Crippen LogP contribution in [0.1, 0.15) is 43.1 Å². The number of rotatable bonds is 7. The maximum atomic E-state index is 12.2. The molecule has 0 radical (unpaired) electrons. The number of phenols is 1. The van der Waals surface area contributed by atoms with Crippen LogP contribution in [0, 0.1) is 0 Å². The molecule has 0 aromatic heterocycles. The first-order chi connectivity index (χ1) is 14.1. The van der Waals surface area contributed by atoms with Crippen LogP contribution in [0.15, 0.2) is 48.5 Å². The molecule has 0 unspecified atom stereocenters. The Morgan fingerprint density at radius 2 is 1.73 bits per heavy atom. The SMILES string of the molecule is CC(C)(C)OC(=O)NCCC(=O)Nc1ccccc1CNC(=O)c1cccc(O)c1. The van der Waals surface area contributed by atoms with Crippen molar-refractivity contribution in [1.82, 2.24) is 10.6 Å². The number of nitrogens with one attached hydrogen (secondary N) is 3. The number of anilines is 1. The van der Waals surface area contributed by atoms with Gasteiger partial charge in [-0.2, -0.15) is 0 Å². The number of hydrogen-bond acceptors (Lipinski definition) is 5. The van der Waals surface area contributed by atoms with Crippen molar-refractivity contribution >= 4 is 23.6 Å². The number of carbonyl (C=O) groups is 3. The van der Waals surface area contributed by atoms with Crippen molar-refractivity contribution in [2.24, 2.45) is 0 Å². The molecule has 8 nitrogen and oxygen atoms in total. The fourth-order valence-electron chi connectivity index (χ4n) is 2.53. The number of aromatic hydroxyl groups is 1. The second-order valence-corrected chi connectivity index (χ2v) is 7.62. The first-order valence-corrected chi connectivity index (χ1v) is 9.56. The summed E-state index contributed by atoms with van der Waals surface area (Å²) in [6.45, 7) is 5.61. The number of benzene rings is 2. The zero-order chi connectivity index (χ0) is 22.1. The van der Waals surface area contributed by atoms with Gasteiger partial charge in [0.05, 0.1) is 0 Å². The quantitative estimate of drug-likeness (QED) is 0.556. The molecule has 3 amide bonds. The molecule has 0 saturated heterocycles. The van der Waals surface area contributed by atoms with E-state index in [-0.39, 0.29) is 37.1 Å². The highest BCUT2D eigenvalue weighted by Gasteiger charge is 2.16. The van der Waals surface area contributed by atoms with E-state index < -0.39 is 11.7 Å². The first kappa shape index (κ1) is 22.7. The number of ether oxygens (including phenoxy) is 1. The third-order valence-electron chi connectivity index (χ3n) is 3.86. The van der Waals surface area contributed by atoms with Crippen molar-refractivity contribution in [2.45, 2.75) is 39.3 Å². The number of alkyl carbamates (subject to hydrolysis) is 1. The third-order valence-corrected chi connectivity index (χ3v) is 3.86. The summed E-state index contributed by atoms with van der Waals surface area (Å²) in [5.74, 6) is -0.610. The predicted molar refractivity (Wildman–Crippen MR) is 113 cm³/mol. The van der Waals surface area contributed by atoms with Crippen LogP contribution in [0.4, 0.5) is 10.5 Å². The van der Waals surface area contributed by atoms with Crippen molar-refractivity contribution in [3.05, 3.63) is 59.7 Å². The minimum atomic E-state index is -0.603. The first-order valence-electron chi connectivity index (χ1n) is 9.56. The molecule has 2 rings (SSSR count). The zero-order valence-electron chi connectivity index (χ0n) is 17.3. The predicted octanol–water partition coefficient (Wildman–Crippen LogP) is 3.18. The van der Waals surface area contributed by atoms with E-state index in [1.54, 1.807) is 57.2 Å². The Morgan fingerprint density at radius 1 is 1.00 bits per heavy atom. The highest BCUT2D eigenvalue weighted by Crippen LogP contribution is 2.16. The monoisotopic (exact) mass is 413 g/mol. The number of carbonyl (C=O) groups excluding carboxylic acids is 3. The lowest BCUT2D eigenvalue weighted by Gasteiger charge is -2.19. The summed E-state index contributed by atoms with van der Waals surface area (Å²) < 4.78 is 5.12. The molecule has 4 N–H and O–H groups in total. The van der Waals surface area contributed by atoms with Crippen molar-refractivity contribution in [3.63, 3.8) is 0 Å². The molecule has 0 heterocycles. The van der Waals surface area contributed by atoms with Crippen LogP contribution in [0.3, 0.4) is 0 Å². The largest absolute Gasteiger partial charge is 0.508 e. The summed E-state index contributed by atoms with van der Waals surface area (Å²) in [7, 11) is 0. The molecule has 0 bridgehead atoms. The van der Waals surface area contributed by atoms with E-state index in [1.165, 1.54) is 12.1 Å². The molecule has 0 aliphatic rings. The Labute approximate surface area is 175 Å². The Balaban J connectivity index is 1.86. The van der Waals surface area contributed by atoms with Gasteiger partial charge in [0.2, 0.25) is 5.91 Å². The normalized spacial score (nSPS) is 10.8. The highest BCUT2D eigenvalue weighted by molar-refractivity contribution is 5.95. The van der Waals surface area contributed by atoms with E-state index in [9.17, 15) is 19.5 Å².